The van der Waals surface area contributed by atoms with E-state index in [-0.39, 0.29) is 23.8 Å². The zero-order valence-electron chi connectivity index (χ0n) is 14.4. The molecule has 0 aliphatic carbocycles. The van der Waals surface area contributed by atoms with Gasteiger partial charge in [0.1, 0.15) is 0 Å². The van der Waals surface area contributed by atoms with Crippen LogP contribution in [0.5, 0.6) is 0 Å². The molecule has 0 saturated carbocycles. The summed E-state index contributed by atoms with van der Waals surface area (Å²) in [4.78, 5) is 35.0. The van der Waals surface area contributed by atoms with E-state index in [4.69, 9.17) is 9.47 Å². The lowest BCUT2D eigenvalue weighted by atomic mass is 9.99. The van der Waals surface area contributed by atoms with E-state index < -0.39 is 17.9 Å². The lowest BCUT2D eigenvalue weighted by molar-refractivity contribution is -0.142. The molecule has 136 valence electrons. The lowest BCUT2D eigenvalue weighted by Gasteiger charge is -2.13. The van der Waals surface area contributed by atoms with Crippen molar-refractivity contribution < 1.29 is 29.0 Å². The molecule has 26 heavy (non-hydrogen) atoms. The van der Waals surface area contributed by atoms with Gasteiger partial charge in [-0.15, -0.1) is 0 Å². The van der Waals surface area contributed by atoms with Gasteiger partial charge in [-0.05, 0) is 36.6 Å². The highest BCUT2D eigenvalue weighted by molar-refractivity contribution is 6.12. The van der Waals surface area contributed by atoms with Crippen LogP contribution in [0.1, 0.15) is 40.5 Å². The number of ether oxygens (including phenoxy) is 2. The van der Waals surface area contributed by atoms with Crippen LogP contribution in [-0.2, 0) is 14.3 Å². The van der Waals surface area contributed by atoms with Crippen molar-refractivity contribution in [3.63, 3.8) is 0 Å². The van der Waals surface area contributed by atoms with Crippen LogP contribution in [0.15, 0.2) is 49.1 Å². The van der Waals surface area contributed by atoms with Gasteiger partial charge in [-0.25, -0.2) is 14.4 Å². The van der Waals surface area contributed by atoms with Gasteiger partial charge in [0.15, 0.2) is 0 Å². The molecule has 6 nitrogen and oxygen atoms in total. The first kappa shape index (κ1) is 19.2. The minimum absolute atomic E-state index is 0.0433. The Hall–Kier alpha value is -3.15. The molecule has 0 fully saturated rings. The number of benzene rings is 2. The van der Waals surface area contributed by atoms with Crippen LogP contribution in [0.25, 0.3) is 10.8 Å². The lowest BCUT2D eigenvalue weighted by Crippen LogP contribution is -2.16. The van der Waals surface area contributed by atoms with Crippen LogP contribution in [0.2, 0.25) is 0 Å². The molecule has 0 aromatic heterocycles. The number of carboxylic acids is 1. The van der Waals surface area contributed by atoms with Crippen molar-refractivity contribution in [2.24, 2.45) is 0 Å². The Bertz CT molecular complexity index is 839. The summed E-state index contributed by atoms with van der Waals surface area (Å²) in [6.07, 6.45) is 1.75. The minimum atomic E-state index is -1.19. The second-order valence-corrected chi connectivity index (χ2v) is 5.74. The van der Waals surface area contributed by atoms with E-state index in [1.807, 2.05) is 6.07 Å². The van der Waals surface area contributed by atoms with Gasteiger partial charge in [0.2, 0.25) is 0 Å². The van der Waals surface area contributed by atoms with Crippen molar-refractivity contribution in [1.29, 1.82) is 0 Å². The zero-order chi connectivity index (χ0) is 19.1. The summed E-state index contributed by atoms with van der Waals surface area (Å²) >= 11 is 0. The summed E-state index contributed by atoms with van der Waals surface area (Å²) in [5.74, 6) is -2.38. The summed E-state index contributed by atoms with van der Waals surface area (Å²) in [5, 5.41) is 10.7. The fourth-order valence-electron chi connectivity index (χ4n) is 2.58. The first-order valence-electron chi connectivity index (χ1n) is 8.19. The van der Waals surface area contributed by atoms with Crippen LogP contribution in [0.3, 0.4) is 0 Å². The molecule has 0 aliphatic rings. The molecule has 0 heterocycles. The normalized spacial score (nSPS) is 11.6. The first-order chi connectivity index (χ1) is 12.4. The van der Waals surface area contributed by atoms with Crippen LogP contribution in [0.4, 0.5) is 0 Å². The Morgan fingerprint density at radius 3 is 2.62 bits per heavy atom. The number of hydrogen-bond donors (Lipinski definition) is 1. The monoisotopic (exact) mass is 356 g/mol. The molecule has 1 N–H and O–H groups in total. The predicted molar refractivity (Wildman–Crippen MR) is 96.2 cm³/mol. The Kier molecular flexibility index (Phi) is 6.49. The number of carbonyl (C=O) groups excluding carboxylic acids is 2. The second kappa shape index (κ2) is 8.80. The first-order valence-corrected chi connectivity index (χ1v) is 8.19. The number of carboxylic acid groups (broad SMARTS) is 1. The van der Waals surface area contributed by atoms with Gasteiger partial charge in [-0.2, -0.15) is 0 Å². The molecule has 1 unspecified atom stereocenters. The van der Waals surface area contributed by atoms with Crippen LogP contribution in [-0.4, -0.2) is 35.7 Å². The molecular weight excluding hydrogens is 336 g/mol. The summed E-state index contributed by atoms with van der Waals surface area (Å²) in [5.41, 5.74) is -0.0521. The quantitative estimate of drug-likeness (QED) is 0.442. The maximum Gasteiger partial charge on any atom is 0.339 e. The van der Waals surface area contributed by atoms with Crippen molar-refractivity contribution in [3.05, 3.63) is 60.2 Å². The van der Waals surface area contributed by atoms with Crippen molar-refractivity contribution in [1.82, 2.24) is 0 Å². The largest absolute Gasteiger partial charge is 0.478 e. The van der Waals surface area contributed by atoms with Crippen LogP contribution in [0, 0.1) is 0 Å². The van der Waals surface area contributed by atoms with E-state index in [1.165, 1.54) is 6.07 Å². The van der Waals surface area contributed by atoms with Gasteiger partial charge < -0.3 is 14.6 Å². The van der Waals surface area contributed by atoms with E-state index in [9.17, 15) is 19.5 Å². The average Bonchev–Trinajstić information content (AvgIpc) is 2.63. The molecule has 0 radical (unpaired) electrons. The SMILES string of the molecule is C=CC(=O)OC(C)CCCOC(=O)c1c(C(=O)O)ccc2ccccc12. The molecule has 0 spiro atoms. The van der Waals surface area contributed by atoms with E-state index in [2.05, 4.69) is 6.58 Å². The van der Waals surface area contributed by atoms with Gasteiger partial charge in [0, 0.05) is 6.08 Å². The maximum atomic E-state index is 12.5. The van der Waals surface area contributed by atoms with Crippen molar-refractivity contribution >= 4 is 28.7 Å². The topological polar surface area (TPSA) is 89.9 Å². The number of esters is 2. The number of rotatable bonds is 8. The molecule has 2 rings (SSSR count). The smallest absolute Gasteiger partial charge is 0.339 e. The molecule has 2 aromatic rings. The Morgan fingerprint density at radius 1 is 1.19 bits per heavy atom. The van der Waals surface area contributed by atoms with Crippen molar-refractivity contribution in [2.45, 2.75) is 25.9 Å². The number of fused-ring (bicyclic) bond motifs is 1. The molecular formula is C20H20O6. The van der Waals surface area contributed by atoms with E-state index >= 15 is 0 Å². The van der Waals surface area contributed by atoms with Gasteiger partial charge >= 0.3 is 17.9 Å². The minimum Gasteiger partial charge on any atom is -0.478 e. The van der Waals surface area contributed by atoms with E-state index in [1.54, 1.807) is 31.2 Å². The summed E-state index contributed by atoms with van der Waals surface area (Å²) < 4.78 is 10.3. The summed E-state index contributed by atoms with van der Waals surface area (Å²) in [6.45, 7) is 5.15. The highest BCUT2D eigenvalue weighted by atomic mass is 16.5. The van der Waals surface area contributed by atoms with E-state index in [0.717, 1.165) is 11.5 Å². The average molecular weight is 356 g/mol. The Balaban J connectivity index is 2.05. The van der Waals surface area contributed by atoms with Gasteiger partial charge in [0.25, 0.3) is 0 Å². The number of hydrogen-bond acceptors (Lipinski definition) is 5. The highest BCUT2D eigenvalue weighted by Crippen LogP contribution is 2.23. The fourth-order valence-corrected chi connectivity index (χ4v) is 2.58. The summed E-state index contributed by atoms with van der Waals surface area (Å²) in [6, 6.07) is 10.1. The highest BCUT2D eigenvalue weighted by Gasteiger charge is 2.21. The molecule has 0 saturated heterocycles. The third kappa shape index (κ3) is 4.69. The maximum absolute atomic E-state index is 12.5. The molecule has 2 aromatic carbocycles. The number of aromatic carboxylic acids is 1. The second-order valence-electron chi connectivity index (χ2n) is 5.74. The molecule has 0 aliphatic heterocycles. The van der Waals surface area contributed by atoms with Crippen molar-refractivity contribution in [2.75, 3.05) is 6.61 Å². The third-order valence-electron chi connectivity index (χ3n) is 3.84. The molecule has 1 atom stereocenters. The Labute approximate surface area is 151 Å². The van der Waals surface area contributed by atoms with Crippen LogP contribution >= 0.6 is 0 Å². The fraction of sp³-hybridized carbons (Fsp3) is 0.250. The van der Waals surface area contributed by atoms with Gasteiger partial charge in [-0.1, -0.05) is 36.9 Å². The van der Waals surface area contributed by atoms with Gasteiger partial charge in [0.05, 0.1) is 23.8 Å². The molecule has 0 amide bonds. The summed E-state index contributed by atoms with van der Waals surface area (Å²) in [7, 11) is 0. The van der Waals surface area contributed by atoms with Crippen molar-refractivity contribution in [3.8, 4) is 0 Å². The zero-order valence-corrected chi connectivity index (χ0v) is 14.4. The number of carbonyl (C=O) groups is 3. The van der Waals surface area contributed by atoms with Gasteiger partial charge in [-0.3, -0.25) is 0 Å². The van der Waals surface area contributed by atoms with E-state index in [0.29, 0.717) is 18.2 Å². The predicted octanol–water partition coefficient (Wildman–Crippen LogP) is 3.59. The Morgan fingerprint density at radius 2 is 1.92 bits per heavy atom. The van der Waals surface area contributed by atoms with Crippen LogP contribution < -0.4 is 0 Å². The standard InChI is InChI=1S/C20H20O6/c1-3-17(21)26-13(2)7-6-12-25-20(24)18-15-9-5-4-8-14(15)10-11-16(18)19(22)23/h3-5,8-11,13H,1,6-7,12H2,2H3,(H,22,23). The molecule has 0 bridgehead atoms. The molecule has 6 heteroatoms. The third-order valence-corrected chi connectivity index (χ3v) is 3.84.